The van der Waals surface area contributed by atoms with Gasteiger partial charge in [0, 0.05) is 12.7 Å². The van der Waals surface area contributed by atoms with Crippen LogP contribution in [0.3, 0.4) is 0 Å². The van der Waals surface area contributed by atoms with E-state index < -0.39 is 0 Å². The third-order valence-corrected chi connectivity index (χ3v) is 3.01. The molecule has 1 aromatic heterocycles. The van der Waals surface area contributed by atoms with Gasteiger partial charge in [0.15, 0.2) is 0 Å². The Labute approximate surface area is 78.4 Å². The van der Waals surface area contributed by atoms with Gasteiger partial charge in [-0.05, 0) is 38.2 Å². The highest BCUT2D eigenvalue weighted by atomic mass is 16.3. The van der Waals surface area contributed by atoms with Crippen molar-refractivity contribution < 1.29 is 5.11 Å². The summed E-state index contributed by atoms with van der Waals surface area (Å²) in [7, 11) is 1.95. The molecule has 0 saturated heterocycles. The Morgan fingerprint density at radius 2 is 2.38 bits per heavy atom. The smallest absolute Gasteiger partial charge is 0.0631 e. The zero-order valence-electron chi connectivity index (χ0n) is 8.20. The monoisotopic (exact) mass is 180 g/mol. The molecule has 1 aliphatic carbocycles. The van der Waals surface area contributed by atoms with Crippen molar-refractivity contribution in [2.45, 2.75) is 32.3 Å². The van der Waals surface area contributed by atoms with E-state index in [0.717, 1.165) is 25.0 Å². The standard InChI is InChI=1S/C10H16N2O/c1-7-5-9(11-12(7)2)6-8-3-4-10(8)13/h5,8,10,13H,3-4,6H2,1-2H3. The summed E-state index contributed by atoms with van der Waals surface area (Å²) in [6.07, 6.45) is 2.97. The van der Waals surface area contributed by atoms with Gasteiger partial charge in [0.2, 0.25) is 0 Å². The SMILES string of the molecule is Cc1cc(CC2CCC2O)nn1C. The van der Waals surface area contributed by atoms with E-state index in [1.54, 1.807) is 0 Å². The lowest BCUT2D eigenvalue weighted by Gasteiger charge is -2.31. The molecule has 2 unspecified atom stereocenters. The van der Waals surface area contributed by atoms with Gasteiger partial charge in [0.05, 0.1) is 11.8 Å². The first-order valence-corrected chi connectivity index (χ1v) is 4.84. The second kappa shape index (κ2) is 3.14. The zero-order valence-corrected chi connectivity index (χ0v) is 8.20. The Bertz CT molecular complexity index is 286. The van der Waals surface area contributed by atoms with Crippen molar-refractivity contribution >= 4 is 0 Å². The van der Waals surface area contributed by atoms with Crippen molar-refractivity contribution in [1.29, 1.82) is 0 Å². The molecule has 2 atom stereocenters. The molecule has 0 radical (unpaired) electrons. The summed E-state index contributed by atoms with van der Waals surface area (Å²) in [5, 5.41) is 13.8. The highest BCUT2D eigenvalue weighted by Crippen LogP contribution is 2.30. The number of aliphatic hydroxyl groups is 1. The van der Waals surface area contributed by atoms with Crippen LogP contribution in [0, 0.1) is 12.8 Å². The van der Waals surface area contributed by atoms with Crippen LogP contribution in [0.2, 0.25) is 0 Å². The molecule has 0 spiro atoms. The van der Waals surface area contributed by atoms with Gasteiger partial charge in [0.1, 0.15) is 0 Å². The summed E-state index contributed by atoms with van der Waals surface area (Å²) in [6.45, 7) is 2.05. The first-order valence-electron chi connectivity index (χ1n) is 4.84. The van der Waals surface area contributed by atoms with E-state index in [2.05, 4.69) is 11.2 Å². The van der Waals surface area contributed by atoms with E-state index in [0.29, 0.717) is 5.92 Å². The molecular formula is C10H16N2O. The Morgan fingerprint density at radius 3 is 2.77 bits per heavy atom. The second-order valence-corrected chi connectivity index (χ2v) is 4.01. The van der Waals surface area contributed by atoms with E-state index in [9.17, 15) is 5.11 Å². The van der Waals surface area contributed by atoms with Gasteiger partial charge in [-0.1, -0.05) is 0 Å². The highest BCUT2D eigenvalue weighted by Gasteiger charge is 2.29. The average molecular weight is 180 g/mol. The third kappa shape index (κ3) is 1.61. The quantitative estimate of drug-likeness (QED) is 0.738. The van der Waals surface area contributed by atoms with Crippen LogP contribution < -0.4 is 0 Å². The Morgan fingerprint density at radius 1 is 1.62 bits per heavy atom. The second-order valence-electron chi connectivity index (χ2n) is 4.01. The van der Waals surface area contributed by atoms with Crippen molar-refractivity contribution in [2.75, 3.05) is 0 Å². The highest BCUT2D eigenvalue weighted by molar-refractivity contribution is 5.10. The molecule has 3 nitrogen and oxygen atoms in total. The lowest BCUT2D eigenvalue weighted by atomic mass is 9.79. The Balaban J connectivity index is 2.01. The fourth-order valence-corrected chi connectivity index (χ4v) is 1.79. The summed E-state index contributed by atoms with van der Waals surface area (Å²) in [5.74, 6) is 0.453. The lowest BCUT2D eigenvalue weighted by Crippen LogP contribution is -2.32. The van der Waals surface area contributed by atoms with Crippen LogP contribution in [0.15, 0.2) is 6.07 Å². The fraction of sp³-hybridized carbons (Fsp3) is 0.700. The van der Waals surface area contributed by atoms with Crippen LogP contribution in [0.1, 0.15) is 24.2 Å². The minimum Gasteiger partial charge on any atom is -0.393 e. The van der Waals surface area contributed by atoms with E-state index in [1.807, 2.05) is 18.7 Å². The number of aliphatic hydroxyl groups excluding tert-OH is 1. The minimum atomic E-state index is -0.0812. The summed E-state index contributed by atoms with van der Waals surface area (Å²) in [4.78, 5) is 0. The Hall–Kier alpha value is -0.830. The topological polar surface area (TPSA) is 38.1 Å². The molecule has 1 heterocycles. The minimum absolute atomic E-state index is 0.0812. The van der Waals surface area contributed by atoms with E-state index >= 15 is 0 Å². The maximum atomic E-state index is 9.41. The number of rotatable bonds is 2. The zero-order chi connectivity index (χ0) is 9.42. The number of aryl methyl sites for hydroxylation is 2. The van der Waals surface area contributed by atoms with Crippen molar-refractivity contribution in [2.24, 2.45) is 13.0 Å². The van der Waals surface area contributed by atoms with E-state index in [1.165, 1.54) is 5.69 Å². The molecule has 1 fully saturated rings. The van der Waals surface area contributed by atoms with Gasteiger partial charge in [-0.2, -0.15) is 5.10 Å². The predicted molar refractivity (Wildman–Crippen MR) is 50.4 cm³/mol. The van der Waals surface area contributed by atoms with Crippen molar-refractivity contribution in [1.82, 2.24) is 9.78 Å². The lowest BCUT2D eigenvalue weighted by molar-refractivity contribution is 0.0238. The molecule has 3 heteroatoms. The molecule has 1 aliphatic rings. The fourth-order valence-electron chi connectivity index (χ4n) is 1.79. The molecule has 0 aliphatic heterocycles. The number of hydrogen-bond donors (Lipinski definition) is 1. The summed E-state index contributed by atoms with van der Waals surface area (Å²) >= 11 is 0. The summed E-state index contributed by atoms with van der Waals surface area (Å²) in [5.41, 5.74) is 2.30. The van der Waals surface area contributed by atoms with Gasteiger partial charge in [-0.25, -0.2) is 0 Å². The van der Waals surface area contributed by atoms with Gasteiger partial charge >= 0.3 is 0 Å². The Kier molecular flexibility index (Phi) is 2.12. The molecular weight excluding hydrogens is 164 g/mol. The average Bonchev–Trinajstić information content (AvgIpc) is 2.40. The molecule has 0 amide bonds. The van der Waals surface area contributed by atoms with Crippen LogP contribution in [0.5, 0.6) is 0 Å². The van der Waals surface area contributed by atoms with Crippen LogP contribution in [0.25, 0.3) is 0 Å². The molecule has 72 valence electrons. The normalized spacial score (nSPS) is 27.3. The molecule has 0 bridgehead atoms. The van der Waals surface area contributed by atoms with Gasteiger partial charge in [-0.15, -0.1) is 0 Å². The molecule has 13 heavy (non-hydrogen) atoms. The molecule has 1 saturated carbocycles. The van der Waals surface area contributed by atoms with Gasteiger partial charge in [-0.3, -0.25) is 4.68 Å². The predicted octanol–water partition coefficient (Wildman–Crippen LogP) is 1.04. The maximum absolute atomic E-state index is 9.41. The number of hydrogen-bond acceptors (Lipinski definition) is 2. The van der Waals surface area contributed by atoms with Crippen molar-refractivity contribution in [3.8, 4) is 0 Å². The van der Waals surface area contributed by atoms with Crippen LogP contribution in [0.4, 0.5) is 0 Å². The third-order valence-electron chi connectivity index (χ3n) is 3.01. The van der Waals surface area contributed by atoms with Crippen LogP contribution >= 0.6 is 0 Å². The molecule has 0 aromatic carbocycles. The van der Waals surface area contributed by atoms with E-state index in [-0.39, 0.29) is 6.10 Å². The number of aromatic nitrogens is 2. The first-order chi connectivity index (χ1) is 6.16. The molecule has 2 rings (SSSR count). The molecule has 1 N–H and O–H groups in total. The van der Waals surface area contributed by atoms with Crippen LogP contribution in [-0.2, 0) is 13.5 Å². The van der Waals surface area contributed by atoms with E-state index in [4.69, 9.17) is 0 Å². The summed E-state index contributed by atoms with van der Waals surface area (Å²) in [6, 6.07) is 2.10. The molecule has 1 aromatic rings. The van der Waals surface area contributed by atoms with Crippen molar-refractivity contribution in [3.05, 3.63) is 17.5 Å². The number of nitrogens with zero attached hydrogens (tertiary/aromatic N) is 2. The summed E-state index contributed by atoms with van der Waals surface area (Å²) < 4.78 is 1.89. The first kappa shape index (κ1) is 8.75. The van der Waals surface area contributed by atoms with Gasteiger partial charge < -0.3 is 5.11 Å². The maximum Gasteiger partial charge on any atom is 0.0631 e. The van der Waals surface area contributed by atoms with Crippen molar-refractivity contribution in [3.63, 3.8) is 0 Å². The largest absolute Gasteiger partial charge is 0.393 e. The van der Waals surface area contributed by atoms with Crippen LogP contribution in [-0.4, -0.2) is 21.0 Å². The van der Waals surface area contributed by atoms with Gasteiger partial charge in [0.25, 0.3) is 0 Å².